The number of thiazole rings is 1. The van der Waals surface area contributed by atoms with E-state index in [2.05, 4.69) is 20.9 Å². The molecule has 0 spiro atoms. The molecule has 2 rings (SSSR count). The molecule has 0 bridgehead atoms. The summed E-state index contributed by atoms with van der Waals surface area (Å²) < 4.78 is 0.875. The van der Waals surface area contributed by atoms with Gasteiger partial charge in [-0.1, -0.05) is 27.5 Å². The molecular formula is C13H10BrClN2OS. The van der Waals surface area contributed by atoms with Gasteiger partial charge in [-0.05, 0) is 24.3 Å². The molecule has 1 heterocycles. The number of benzene rings is 1. The van der Waals surface area contributed by atoms with Crippen molar-refractivity contribution in [1.29, 1.82) is 0 Å². The number of likely N-dealkylation sites (N-methyl/N-ethyl adjacent to an activating group) is 1. The van der Waals surface area contributed by atoms with Gasteiger partial charge in [-0.25, -0.2) is 4.98 Å². The monoisotopic (exact) mass is 356 g/mol. The van der Waals surface area contributed by atoms with Crippen LogP contribution >= 0.6 is 38.9 Å². The Morgan fingerprint density at radius 1 is 1.53 bits per heavy atom. The van der Waals surface area contributed by atoms with Gasteiger partial charge in [0.15, 0.2) is 0 Å². The fraction of sp³-hybridized carbons (Fsp3) is 0.0769. The van der Waals surface area contributed by atoms with E-state index < -0.39 is 0 Å². The Hall–Kier alpha value is -1.17. The Balaban J connectivity index is 2.15. The molecule has 0 N–H and O–H groups in total. The summed E-state index contributed by atoms with van der Waals surface area (Å²) in [5.41, 5.74) is 3.16. The lowest BCUT2D eigenvalue weighted by atomic mass is 10.3. The fourth-order valence-electron chi connectivity index (χ4n) is 1.44. The van der Waals surface area contributed by atoms with Crippen LogP contribution in [0, 0.1) is 0 Å². The number of rotatable bonds is 3. The Morgan fingerprint density at radius 3 is 2.95 bits per heavy atom. The topological polar surface area (TPSA) is 33.2 Å². The third-order valence-corrected chi connectivity index (χ3v) is 3.85. The maximum Gasteiger partial charge on any atom is 0.250 e. The van der Waals surface area contributed by atoms with E-state index in [0.717, 1.165) is 10.2 Å². The Bertz CT molecular complexity index is 613. The zero-order chi connectivity index (χ0) is 13.8. The lowest BCUT2D eigenvalue weighted by Gasteiger charge is -2.16. The maximum atomic E-state index is 12.0. The van der Waals surface area contributed by atoms with Crippen molar-refractivity contribution in [1.82, 2.24) is 4.98 Å². The molecule has 0 fully saturated rings. The van der Waals surface area contributed by atoms with Crippen LogP contribution in [0.1, 0.15) is 5.69 Å². The van der Waals surface area contributed by atoms with Gasteiger partial charge >= 0.3 is 0 Å². The van der Waals surface area contributed by atoms with E-state index in [4.69, 9.17) is 11.6 Å². The Labute approximate surface area is 128 Å². The van der Waals surface area contributed by atoms with Gasteiger partial charge in [0.1, 0.15) is 0 Å². The average Bonchev–Trinajstić information content (AvgIpc) is 2.88. The minimum absolute atomic E-state index is 0.155. The first-order valence-electron chi connectivity index (χ1n) is 5.37. The highest BCUT2D eigenvalue weighted by Gasteiger charge is 2.11. The van der Waals surface area contributed by atoms with Crippen molar-refractivity contribution >= 4 is 56.5 Å². The molecule has 0 unspecified atom stereocenters. The number of hydrogen-bond donors (Lipinski definition) is 0. The summed E-state index contributed by atoms with van der Waals surface area (Å²) in [5.74, 6) is -0.155. The summed E-state index contributed by atoms with van der Waals surface area (Å²) in [4.78, 5) is 17.6. The summed E-state index contributed by atoms with van der Waals surface area (Å²) in [6.45, 7) is 0. The van der Waals surface area contributed by atoms with Crippen LogP contribution in [-0.4, -0.2) is 17.9 Å². The second-order valence-corrected chi connectivity index (χ2v) is 5.78. The van der Waals surface area contributed by atoms with Crippen molar-refractivity contribution in [2.45, 2.75) is 0 Å². The van der Waals surface area contributed by atoms with Crippen LogP contribution in [0.3, 0.4) is 0 Å². The molecule has 0 atom stereocenters. The molecule has 3 nitrogen and oxygen atoms in total. The van der Waals surface area contributed by atoms with Gasteiger partial charge in [-0.3, -0.25) is 4.79 Å². The molecule has 2 aromatic rings. The zero-order valence-corrected chi connectivity index (χ0v) is 13.2. The van der Waals surface area contributed by atoms with Gasteiger partial charge in [0.25, 0.3) is 5.91 Å². The predicted octanol–water partition coefficient (Wildman–Crippen LogP) is 4.24. The fourth-order valence-corrected chi connectivity index (χ4v) is 2.77. The van der Waals surface area contributed by atoms with Crippen LogP contribution in [0.25, 0.3) is 6.08 Å². The molecule has 0 aliphatic carbocycles. The number of carbonyl (C=O) groups is 1. The number of nitrogens with zero attached hydrogens (tertiary/aromatic N) is 2. The zero-order valence-electron chi connectivity index (χ0n) is 10.0. The lowest BCUT2D eigenvalue weighted by Crippen LogP contribution is -2.24. The van der Waals surface area contributed by atoms with Crippen LogP contribution in [-0.2, 0) is 4.79 Å². The summed E-state index contributed by atoms with van der Waals surface area (Å²) in [7, 11) is 1.68. The molecule has 6 heteroatoms. The summed E-state index contributed by atoms with van der Waals surface area (Å²) >= 11 is 10.9. The lowest BCUT2D eigenvalue weighted by molar-refractivity contribution is -0.113. The summed E-state index contributed by atoms with van der Waals surface area (Å²) in [6.07, 6.45) is 3.16. The summed E-state index contributed by atoms with van der Waals surface area (Å²) in [5, 5.41) is 2.39. The van der Waals surface area contributed by atoms with E-state index in [1.807, 2.05) is 11.4 Å². The number of aromatic nitrogens is 1. The maximum absolute atomic E-state index is 12.0. The Kier molecular flexibility index (Phi) is 4.74. The number of amides is 1. The van der Waals surface area contributed by atoms with Crippen molar-refractivity contribution in [2.24, 2.45) is 0 Å². The smallest absolute Gasteiger partial charge is 0.250 e. The second-order valence-electron chi connectivity index (χ2n) is 3.74. The number of hydrogen-bond acceptors (Lipinski definition) is 3. The molecule has 98 valence electrons. The first kappa shape index (κ1) is 14.2. The van der Waals surface area contributed by atoms with Crippen molar-refractivity contribution in [3.05, 3.63) is 50.4 Å². The average molecular weight is 358 g/mol. The van der Waals surface area contributed by atoms with Crippen LogP contribution < -0.4 is 4.90 Å². The van der Waals surface area contributed by atoms with Crippen molar-refractivity contribution < 1.29 is 4.79 Å². The van der Waals surface area contributed by atoms with E-state index >= 15 is 0 Å². The molecule has 0 aliphatic heterocycles. The molecule has 1 aromatic carbocycles. The highest BCUT2D eigenvalue weighted by atomic mass is 79.9. The molecule has 1 amide bonds. The van der Waals surface area contributed by atoms with Gasteiger partial charge in [0, 0.05) is 23.0 Å². The van der Waals surface area contributed by atoms with Gasteiger partial charge in [-0.15, -0.1) is 11.3 Å². The number of carbonyl (C=O) groups excluding carboxylic acids is 1. The molecule has 0 radical (unpaired) electrons. The highest BCUT2D eigenvalue weighted by molar-refractivity contribution is 9.10. The standard InChI is InChI=1S/C13H10BrClN2OS/c1-17(12-4-2-9(14)6-11(12)15)13(18)5-3-10-7-19-8-16-10/h2-8H,1H3. The minimum Gasteiger partial charge on any atom is -0.310 e. The second kappa shape index (κ2) is 6.32. The number of anilines is 1. The van der Waals surface area contributed by atoms with Crippen molar-refractivity contribution in [2.75, 3.05) is 11.9 Å². The molecule has 0 aliphatic rings. The Morgan fingerprint density at radius 2 is 2.32 bits per heavy atom. The molecule has 0 saturated carbocycles. The van der Waals surface area contributed by atoms with Crippen LogP contribution in [0.5, 0.6) is 0 Å². The van der Waals surface area contributed by atoms with Crippen molar-refractivity contribution in [3.63, 3.8) is 0 Å². The SMILES string of the molecule is CN(C(=O)C=Cc1cscn1)c1ccc(Br)cc1Cl. The van der Waals surface area contributed by atoms with E-state index in [1.165, 1.54) is 22.3 Å². The van der Waals surface area contributed by atoms with Gasteiger partial charge in [0.2, 0.25) is 0 Å². The highest BCUT2D eigenvalue weighted by Crippen LogP contribution is 2.28. The summed E-state index contributed by atoms with van der Waals surface area (Å²) in [6, 6.07) is 5.39. The largest absolute Gasteiger partial charge is 0.310 e. The molecule has 19 heavy (non-hydrogen) atoms. The van der Waals surface area contributed by atoms with Crippen LogP contribution in [0.4, 0.5) is 5.69 Å². The van der Waals surface area contributed by atoms with E-state index in [1.54, 1.807) is 30.8 Å². The van der Waals surface area contributed by atoms with Gasteiger partial charge < -0.3 is 4.90 Å². The van der Waals surface area contributed by atoms with Gasteiger partial charge in [-0.2, -0.15) is 0 Å². The normalized spacial score (nSPS) is 10.9. The van der Waals surface area contributed by atoms with Crippen LogP contribution in [0.15, 0.2) is 39.6 Å². The molecular weight excluding hydrogens is 348 g/mol. The molecule has 1 aromatic heterocycles. The van der Waals surface area contributed by atoms with E-state index in [9.17, 15) is 4.79 Å². The van der Waals surface area contributed by atoms with E-state index in [-0.39, 0.29) is 5.91 Å². The molecule has 0 saturated heterocycles. The van der Waals surface area contributed by atoms with E-state index in [0.29, 0.717) is 10.7 Å². The first-order valence-corrected chi connectivity index (χ1v) is 7.48. The van der Waals surface area contributed by atoms with Crippen molar-refractivity contribution in [3.8, 4) is 0 Å². The minimum atomic E-state index is -0.155. The third kappa shape index (κ3) is 3.65. The quantitative estimate of drug-likeness (QED) is 0.770. The van der Waals surface area contributed by atoms with Crippen LogP contribution in [0.2, 0.25) is 5.02 Å². The number of halogens is 2. The first-order chi connectivity index (χ1) is 9.08. The third-order valence-electron chi connectivity index (χ3n) is 2.45. The van der Waals surface area contributed by atoms with Gasteiger partial charge in [0.05, 0.1) is 21.9 Å². The predicted molar refractivity (Wildman–Crippen MR) is 83.7 cm³/mol.